The number of esters is 1. The normalized spacial score (nSPS) is 17.3. The van der Waals surface area contributed by atoms with E-state index < -0.39 is 0 Å². The molecule has 4 aromatic heterocycles. The molecule has 2 N–H and O–H groups in total. The van der Waals surface area contributed by atoms with Crippen molar-refractivity contribution in [1.82, 2.24) is 44.5 Å². The van der Waals surface area contributed by atoms with Crippen molar-refractivity contribution in [2.45, 2.75) is 18.9 Å². The fourth-order valence-electron chi connectivity index (χ4n) is 6.78. The number of aromatic nitrogens is 6. The summed E-state index contributed by atoms with van der Waals surface area (Å²) in [5.74, 6) is 0.779. The Bertz CT molecular complexity index is 2030. The van der Waals surface area contributed by atoms with Crippen LogP contribution in [0.1, 0.15) is 23.3 Å². The Hall–Kier alpha value is -5.28. The number of likely N-dealkylation sites (tertiary alicyclic amines) is 2. The van der Waals surface area contributed by atoms with Gasteiger partial charge in [-0.25, -0.2) is 14.2 Å². The fraction of sp³-hybridized carbons (Fsp3) is 0.412. The van der Waals surface area contributed by atoms with Crippen LogP contribution in [0.25, 0.3) is 33.5 Å². The molecule has 49 heavy (non-hydrogen) atoms. The van der Waals surface area contributed by atoms with Crippen LogP contribution in [0.2, 0.25) is 0 Å². The number of likely N-dealkylation sites (N-methyl/N-ethyl adjacent to an activating group) is 1. The molecule has 15 heteroatoms. The molecule has 0 spiro atoms. The second kappa shape index (κ2) is 13.0. The number of benzene rings is 1. The predicted octanol–water partition coefficient (Wildman–Crippen LogP) is 2.24. The largest absolute Gasteiger partial charge is 0.494 e. The predicted molar refractivity (Wildman–Crippen MR) is 180 cm³/mol. The Kier molecular flexibility index (Phi) is 8.21. The van der Waals surface area contributed by atoms with Crippen molar-refractivity contribution < 1.29 is 23.8 Å². The Morgan fingerprint density at radius 2 is 1.98 bits per heavy atom. The lowest BCUT2D eigenvalue weighted by atomic mass is 9.97. The number of methoxy groups -OCH3 is 1. The summed E-state index contributed by atoms with van der Waals surface area (Å²) in [5, 5.41) is 16.2. The Morgan fingerprint density at radius 1 is 1.12 bits per heavy atom. The minimum absolute atomic E-state index is 0.0220. The van der Waals surface area contributed by atoms with E-state index in [9.17, 15) is 9.59 Å². The van der Waals surface area contributed by atoms with E-state index in [2.05, 4.69) is 30.5 Å². The number of carbonyl (C=O) groups excluding carboxylic acids is 2. The maximum absolute atomic E-state index is 13.7. The van der Waals surface area contributed by atoms with Gasteiger partial charge in [-0.05, 0) is 45.1 Å². The molecule has 8 rings (SSSR count). The lowest BCUT2D eigenvalue weighted by molar-refractivity contribution is -0.163. The van der Waals surface area contributed by atoms with Gasteiger partial charge in [0.05, 0.1) is 47.1 Å². The second-order valence-corrected chi connectivity index (χ2v) is 12.7. The summed E-state index contributed by atoms with van der Waals surface area (Å²) < 4.78 is 20.8. The van der Waals surface area contributed by atoms with E-state index in [0.29, 0.717) is 65.7 Å². The van der Waals surface area contributed by atoms with Crippen LogP contribution in [0.4, 0.5) is 5.69 Å². The van der Waals surface area contributed by atoms with Crippen LogP contribution in [-0.4, -0.2) is 124 Å². The van der Waals surface area contributed by atoms with E-state index in [1.54, 1.807) is 34.9 Å². The first-order valence-electron chi connectivity index (χ1n) is 16.6. The smallest absolute Gasteiger partial charge is 0.309 e. The molecule has 0 bridgehead atoms. The maximum Gasteiger partial charge on any atom is 0.309 e. The number of hydrogen-bond donors (Lipinski definition) is 2. The molecule has 1 amide bonds. The van der Waals surface area contributed by atoms with Crippen LogP contribution >= 0.6 is 0 Å². The number of rotatable bonds is 9. The molecule has 0 atom stereocenters. The molecule has 7 heterocycles. The van der Waals surface area contributed by atoms with Gasteiger partial charge in [0, 0.05) is 63.4 Å². The van der Waals surface area contributed by atoms with Crippen molar-refractivity contribution in [2.75, 3.05) is 71.9 Å². The van der Waals surface area contributed by atoms with Gasteiger partial charge >= 0.3 is 5.97 Å². The van der Waals surface area contributed by atoms with Crippen LogP contribution in [0, 0.1) is 5.92 Å². The molecule has 2 saturated heterocycles. The molecule has 0 radical (unpaired) electrons. The van der Waals surface area contributed by atoms with Gasteiger partial charge in [-0.1, -0.05) is 0 Å². The van der Waals surface area contributed by atoms with E-state index in [4.69, 9.17) is 24.3 Å². The van der Waals surface area contributed by atoms with E-state index >= 15 is 0 Å². The molecule has 254 valence electrons. The van der Waals surface area contributed by atoms with Gasteiger partial charge in [-0.2, -0.15) is 10.2 Å². The third-order valence-electron chi connectivity index (χ3n) is 9.47. The zero-order valence-corrected chi connectivity index (χ0v) is 27.5. The Morgan fingerprint density at radius 3 is 2.80 bits per heavy atom. The van der Waals surface area contributed by atoms with Gasteiger partial charge in [0.2, 0.25) is 0 Å². The number of nitrogens with one attached hydrogen (secondary N) is 2. The van der Waals surface area contributed by atoms with Crippen LogP contribution < -0.4 is 20.1 Å². The summed E-state index contributed by atoms with van der Waals surface area (Å²) in [6.45, 7) is 5.47. The highest BCUT2D eigenvalue weighted by Gasteiger charge is 2.32. The summed E-state index contributed by atoms with van der Waals surface area (Å²) in [7, 11) is 3.62. The fourth-order valence-corrected chi connectivity index (χ4v) is 6.78. The minimum atomic E-state index is -0.310. The van der Waals surface area contributed by atoms with Crippen LogP contribution in [0.3, 0.4) is 0 Å². The standard InChI is InChI=1S/C34H38N10O5/c1-41-19-22(20-41)49-34(46)21-4-10-42(11-5-21)12-7-37-33(45)31-24-17-38-25(23-18-39-43-9-3-6-36-32(23)43)14-27(24)44(40-31)28-16-29-26(15-30(28)47-2)35-8-13-48-29/h3,6,9,14-18,21-22,35H,4-5,7-8,10-13,19-20H2,1-2H3,(H,37,45). The maximum atomic E-state index is 13.7. The number of fused-ring (bicyclic) bond motifs is 3. The van der Waals surface area contributed by atoms with Gasteiger partial charge in [0.15, 0.2) is 11.3 Å². The van der Waals surface area contributed by atoms with Gasteiger partial charge in [-0.3, -0.25) is 19.5 Å². The van der Waals surface area contributed by atoms with Gasteiger partial charge in [0.1, 0.15) is 29.9 Å². The van der Waals surface area contributed by atoms with E-state index in [1.807, 2.05) is 37.5 Å². The number of anilines is 1. The second-order valence-electron chi connectivity index (χ2n) is 12.7. The molecule has 2 fully saturated rings. The van der Waals surface area contributed by atoms with Gasteiger partial charge in [0.25, 0.3) is 5.91 Å². The minimum Gasteiger partial charge on any atom is -0.494 e. The number of carbonyl (C=O) groups is 2. The molecule has 3 aliphatic rings. The van der Waals surface area contributed by atoms with E-state index in [-0.39, 0.29) is 29.6 Å². The highest BCUT2D eigenvalue weighted by atomic mass is 16.5. The zero-order chi connectivity index (χ0) is 33.5. The van der Waals surface area contributed by atoms with Crippen molar-refractivity contribution in [3.8, 4) is 28.4 Å². The van der Waals surface area contributed by atoms with Crippen molar-refractivity contribution >= 4 is 34.1 Å². The van der Waals surface area contributed by atoms with Gasteiger partial charge < -0.3 is 29.7 Å². The van der Waals surface area contributed by atoms with Crippen LogP contribution in [0.15, 0.2) is 49.1 Å². The third-order valence-corrected chi connectivity index (χ3v) is 9.47. The number of nitrogens with zero attached hydrogens (tertiary/aromatic N) is 8. The number of hydrogen-bond acceptors (Lipinski definition) is 12. The summed E-state index contributed by atoms with van der Waals surface area (Å²) in [6.07, 6.45) is 8.46. The van der Waals surface area contributed by atoms with Crippen molar-refractivity contribution in [3.05, 3.63) is 54.7 Å². The van der Waals surface area contributed by atoms with E-state index in [0.717, 1.165) is 50.3 Å². The number of pyridine rings is 1. The topological polar surface area (TPSA) is 153 Å². The first kappa shape index (κ1) is 31.0. The molecule has 3 aliphatic heterocycles. The molecular formula is C34H38N10O5. The molecule has 5 aromatic rings. The molecule has 0 unspecified atom stereocenters. The van der Waals surface area contributed by atoms with E-state index in [1.165, 1.54) is 0 Å². The zero-order valence-electron chi connectivity index (χ0n) is 27.5. The Labute approximate surface area is 282 Å². The number of ether oxygens (including phenoxy) is 3. The highest BCUT2D eigenvalue weighted by molar-refractivity contribution is 6.05. The lowest BCUT2D eigenvalue weighted by Gasteiger charge is -2.37. The van der Waals surface area contributed by atoms with Crippen molar-refractivity contribution in [1.29, 1.82) is 0 Å². The summed E-state index contributed by atoms with van der Waals surface area (Å²) >= 11 is 0. The third kappa shape index (κ3) is 5.99. The summed E-state index contributed by atoms with van der Waals surface area (Å²) in [4.78, 5) is 39.9. The van der Waals surface area contributed by atoms with Crippen LogP contribution in [-0.2, 0) is 9.53 Å². The van der Waals surface area contributed by atoms with Crippen molar-refractivity contribution in [2.24, 2.45) is 5.92 Å². The molecule has 0 saturated carbocycles. The average Bonchev–Trinajstić information content (AvgIpc) is 3.72. The first-order valence-corrected chi connectivity index (χ1v) is 16.6. The molecular weight excluding hydrogens is 628 g/mol. The van der Waals surface area contributed by atoms with Crippen LogP contribution in [0.5, 0.6) is 11.5 Å². The highest BCUT2D eigenvalue weighted by Crippen LogP contribution is 2.38. The van der Waals surface area contributed by atoms with Crippen molar-refractivity contribution in [3.63, 3.8) is 0 Å². The monoisotopic (exact) mass is 666 g/mol. The lowest BCUT2D eigenvalue weighted by Crippen LogP contribution is -2.51. The Balaban J connectivity index is 1.03. The molecule has 1 aromatic carbocycles. The number of amides is 1. The van der Waals surface area contributed by atoms with Gasteiger partial charge in [-0.15, -0.1) is 0 Å². The average molecular weight is 667 g/mol. The number of piperidine rings is 1. The molecule has 15 nitrogen and oxygen atoms in total. The summed E-state index contributed by atoms with van der Waals surface area (Å²) in [6, 6.07) is 7.45. The summed E-state index contributed by atoms with van der Waals surface area (Å²) in [5.41, 5.74) is 4.40. The quantitative estimate of drug-likeness (QED) is 0.222. The molecule has 0 aliphatic carbocycles. The SMILES string of the molecule is COc1cc2c(cc1-n1nc(C(=O)NCCN3CCC(C(=O)OC4CN(C)C4)CC3)c3cnc(-c4cnn5cccnc45)cc31)OCCN2. The first-order chi connectivity index (χ1) is 23.9.